The van der Waals surface area contributed by atoms with Crippen LogP contribution in [0.2, 0.25) is 0 Å². The van der Waals surface area contributed by atoms with E-state index in [1.54, 1.807) is 0 Å². The molecular formula is C109H110N3+3. The Balaban J connectivity index is 0.000000127. The fraction of sp³-hybridized carbons (Fsp3) is 0.257. The number of hydrogen-bond acceptors (Lipinski definition) is 0. The monoisotopic (exact) mass is 1460 g/mol. The Labute approximate surface area is 667 Å². The van der Waals surface area contributed by atoms with Crippen molar-refractivity contribution < 1.29 is 13.7 Å². The maximum atomic E-state index is 2.45. The first kappa shape index (κ1) is 74.9. The number of aromatic nitrogens is 3. The van der Waals surface area contributed by atoms with E-state index in [1.807, 2.05) is 0 Å². The molecule has 112 heavy (non-hydrogen) atoms. The van der Waals surface area contributed by atoms with Gasteiger partial charge in [0.15, 0.2) is 18.6 Å². The lowest BCUT2D eigenvalue weighted by atomic mass is 9.54. The van der Waals surface area contributed by atoms with Crippen molar-refractivity contribution in [1.82, 2.24) is 0 Å². The summed E-state index contributed by atoms with van der Waals surface area (Å²) in [6, 6.07) is 92.1. The molecule has 18 rings (SSSR count). The van der Waals surface area contributed by atoms with Crippen LogP contribution in [0.3, 0.4) is 0 Å². The normalized spacial score (nSPS) is 15.3. The van der Waals surface area contributed by atoms with Gasteiger partial charge in [-0.3, -0.25) is 0 Å². The van der Waals surface area contributed by atoms with Gasteiger partial charge in [0, 0.05) is 57.0 Å². The lowest BCUT2D eigenvalue weighted by Crippen LogP contribution is -2.44. The largest absolute Gasteiger partial charge is 0.213 e. The highest BCUT2D eigenvalue weighted by Crippen LogP contribution is 2.61. The number of fused-ring (bicyclic) bond motifs is 14. The van der Waals surface area contributed by atoms with Gasteiger partial charge in [0.2, 0.25) is 17.1 Å². The Bertz CT molecular complexity index is 6350. The van der Waals surface area contributed by atoms with E-state index in [-0.39, 0.29) is 32.5 Å². The third-order valence-electron chi connectivity index (χ3n) is 28.4. The smallest absolute Gasteiger partial charge is 0.201 e. The molecule has 3 aliphatic carbocycles. The summed E-state index contributed by atoms with van der Waals surface area (Å²) in [6.45, 7) is 45.1. The molecule has 0 fully saturated rings. The summed E-state index contributed by atoms with van der Waals surface area (Å²) in [6.07, 6.45) is 6.84. The predicted octanol–water partition coefficient (Wildman–Crippen LogP) is 26.9. The van der Waals surface area contributed by atoms with E-state index in [0.717, 1.165) is 0 Å². The van der Waals surface area contributed by atoms with Gasteiger partial charge < -0.3 is 0 Å². The molecule has 0 atom stereocenters. The molecule has 3 aliphatic rings. The first-order chi connectivity index (χ1) is 53.3. The van der Waals surface area contributed by atoms with Crippen LogP contribution in [-0.4, -0.2) is 0 Å². The average Bonchev–Trinajstić information content (AvgIpc) is 0.698. The van der Waals surface area contributed by atoms with E-state index in [4.69, 9.17) is 0 Å². The van der Waals surface area contributed by atoms with E-state index in [9.17, 15) is 0 Å². The van der Waals surface area contributed by atoms with Crippen molar-refractivity contribution in [3.63, 3.8) is 0 Å². The molecule has 0 aliphatic heterocycles. The van der Waals surface area contributed by atoms with Gasteiger partial charge in [-0.15, -0.1) is 0 Å². The van der Waals surface area contributed by atoms with Crippen molar-refractivity contribution in [2.24, 2.45) is 21.1 Å². The molecule has 0 radical (unpaired) electrons. The minimum absolute atomic E-state index is 0.0159. The number of rotatable bonds is 6. The topological polar surface area (TPSA) is 11.6 Å². The van der Waals surface area contributed by atoms with Gasteiger partial charge in [-0.05, 0) is 261 Å². The Hall–Kier alpha value is -11.1. The highest BCUT2D eigenvalue weighted by Gasteiger charge is 2.51. The Morgan fingerprint density at radius 1 is 0.214 bits per heavy atom. The van der Waals surface area contributed by atoms with E-state index in [0.29, 0.717) is 0 Å². The van der Waals surface area contributed by atoms with Crippen molar-refractivity contribution in [3.05, 3.63) is 340 Å². The molecule has 3 heteroatoms. The van der Waals surface area contributed by atoms with Crippen LogP contribution in [0.25, 0.3) is 133 Å². The third kappa shape index (κ3) is 11.7. The predicted molar refractivity (Wildman–Crippen MR) is 476 cm³/mol. The Kier molecular flexibility index (Phi) is 18.3. The maximum Gasteiger partial charge on any atom is 0.213 e. The zero-order chi connectivity index (χ0) is 79.2. The van der Waals surface area contributed by atoms with Crippen molar-refractivity contribution in [2.45, 2.75) is 164 Å². The van der Waals surface area contributed by atoms with Crippen LogP contribution in [0.5, 0.6) is 0 Å². The summed E-state index contributed by atoms with van der Waals surface area (Å²) in [5.41, 5.74) is 41.7. The number of hydrogen-bond donors (Lipinski definition) is 0. The highest BCUT2D eigenvalue weighted by atomic mass is 14.9. The quantitative estimate of drug-likeness (QED) is 0.147. The van der Waals surface area contributed by atoms with Crippen LogP contribution in [0.1, 0.15) is 155 Å². The third-order valence-corrected chi connectivity index (χ3v) is 28.4. The van der Waals surface area contributed by atoms with Crippen molar-refractivity contribution in [2.75, 3.05) is 0 Å². The summed E-state index contributed by atoms with van der Waals surface area (Å²) in [5, 5.41) is 7.99. The summed E-state index contributed by atoms with van der Waals surface area (Å²) >= 11 is 0. The minimum Gasteiger partial charge on any atom is -0.201 e. The van der Waals surface area contributed by atoms with Gasteiger partial charge >= 0.3 is 0 Å². The second-order valence-corrected chi connectivity index (χ2v) is 36.0. The first-order valence-corrected chi connectivity index (χ1v) is 40.5. The van der Waals surface area contributed by atoms with Crippen LogP contribution in [0.15, 0.2) is 267 Å². The summed E-state index contributed by atoms with van der Waals surface area (Å²) in [7, 11) is 6.53. The number of pyridine rings is 3. The van der Waals surface area contributed by atoms with Crippen molar-refractivity contribution in [1.29, 1.82) is 0 Å². The molecule has 0 N–H and O–H groups in total. The SMILES string of the molecule is Cc1c[n+](C)c(-c2ccc3c(c2C)C(C)(C)C(C)(C)c2ccc4ccccc4c2-3)cc1-c1ccccc1.Cc1cc(-c2ccc3c(c2C)C(C)(C)C(C)(C)c2cc4ccccc4cc2-3)[n+](C)cc1-c1ccccc1.Cc1ccccc1-c1cc(-c2ccc3c(c2C)C(C)(C)C(C)(C)c2c-3ccc3ccccc23)[n+](C)cc1C. The van der Waals surface area contributed by atoms with E-state index >= 15 is 0 Å². The summed E-state index contributed by atoms with van der Waals surface area (Å²) < 4.78 is 6.89. The molecule has 15 aromatic rings. The van der Waals surface area contributed by atoms with Gasteiger partial charge in [0.05, 0.1) is 0 Å². The summed E-state index contributed by atoms with van der Waals surface area (Å²) in [5.74, 6) is 0. The molecule has 558 valence electrons. The van der Waals surface area contributed by atoms with Gasteiger partial charge in [-0.2, -0.15) is 0 Å². The molecule has 0 unspecified atom stereocenters. The fourth-order valence-corrected chi connectivity index (χ4v) is 20.3. The zero-order valence-electron chi connectivity index (χ0n) is 70.2. The van der Waals surface area contributed by atoms with E-state index in [1.165, 1.54) is 205 Å². The number of benzene rings is 12. The lowest BCUT2D eigenvalue weighted by molar-refractivity contribution is -0.660. The molecule has 0 bridgehead atoms. The Morgan fingerprint density at radius 3 is 1.16 bits per heavy atom. The Morgan fingerprint density at radius 2 is 0.589 bits per heavy atom. The molecule has 3 nitrogen and oxygen atoms in total. The molecule has 0 spiro atoms. The molecule has 0 saturated carbocycles. The maximum absolute atomic E-state index is 2.45. The van der Waals surface area contributed by atoms with Crippen LogP contribution < -0.4 is 13.7 Å². The average molecular weight is 1460 g/mol. The minimum atomic E-state index is -0.0539. The van der Waals surface area contributed by atoms with Crippen LogP contribution in [-0.2, 0) is 53.6 Å². The van der Waals surface area contributed by atoms with E-state index in [2.05, 4.69) is 434 Å². The number of nitrogens with zero attached hydrogens (tertiary/aromatic N) is 3. The van der Waals surface area contributed by atoms with Gasteiger partial charge in [-0.1, -0.05) is 283 Å². The van der Waals surface area contributed by atoms with Crippen LogP contribution >= 0.6 is 0 Å². The second-order valence-electron chi connectivity index (χ2n) is 36.0. The lowest BCUT2D eigenvalue weighted by Gasteiger charge is -2.49. The molecule has 0 amide bonds. The van der Waals surface area contributed by atoms with Gasteiger partial charge in [-0.25, -0.2) is 13.7 Å². The first-order valence-electron chi connectivity index (χ1n) is 40.5. The molecule has 3 aromatic heterocycles. The number of aryl methyl sites for hydroxylation is 7. The summed E-state index contributed by atoms with van der Waals surface area (Å²) in [4.78, 5) is 0. The van der Waals surface area contributed by atoms with Gasteiger partial charge in [0.25, 0.3) is 0 Å². The van der Waals surface area contributed by atoms with Gasteiger partial charge in [0.1, 0.15) is 21.1 Å². The van der Waals surface area contributed by atoms with E-state index < -0.39 is 0 Å². The molecule has 3 heterocycles. The molecular weight excluding hydrogens is 1350 g/mol. The standard InChI is InChI=1S/C37H38N.2C36H36N/c1-23-13-9-11-15-27(23)32-21-33(38(8)22-24(32)2)28-19-20-30-31-18-17-26-14-10-12-16-29(26)35(31)37(6,7)36(4,5)34(30)25(28)3;1-23-22-37(7)32(21-30(23)25-13-9-8-10-14-25)27-18-19-29-33-28-16-12-11-15-26(28)17-20-31(33)35(3,4)36(5,6)34(29)24(27)2;1-23-19-33(37(7)22-31(23)25-13-9-8-10-14-25)28-17-18-29-30-20-26-15-11-12-16-27(26)21-32(30)35(3,4)36(5,6)34(29)24(28)2/h9-22H,1-8H3;2*8-22H,1-7H3/q3*+1. The van der Waals surface area contributed by atoms with Crippen LogP contribution in [0, 0.1) is 48.5 Å². The molecule has 0 saturated heterocycles. The molecule has 12 aromatic carbocycles. The fourth-order valence-electron chi connectivity index (χ4n) is 20.3. The van der Waals surface area contributed by atoms with Crippen molar-refractivity contribution in [3.8, 4) is 101 Å². The van der Waals surface area contributed by atoms with Crippen molar-refractivity contribution >= 4 is 32.3 Å². The zero-order valence-corrected chi connectivity index (χ0v) is 70.2. The van der Waals surface area contributed by atoms with Crippen LogP contribution in [0.4, 0.5) is 0 Å². The highest BCUT2D eigenvalue weighted by molar-refractivity contribution is 6.02. The second kappa shape index (κ2) is 27.4.